The molecule has 1 aliphatic rings. The first-order chi connectivity index (χ1) is 7.90. The van der Waals surface area contributed by atoms with E-state index in [1.54, 1.807) is 18.2 Å². The van der Waals surface area contributed by atoms with E-state index in [0.717, 1.165) is 10.0 Å². The molecule has 0 bridgehead atoms. The Balaban J connectivity index is 0.00000162. The number of benzene rings is 1. The molecule has 1 N–H and O–H groups in total. The van der Waals surface area contributed by atoms with Gasteiger partial charge < -0.3 is 10.1 Å². The monoisotopic (exact) mass is 341 g/mol. The quantitative estimate of drug-likeness (QED) is 0.847. The first-order valence-corrected chi connectivity index (χ1v) is 5.76. The van der Waals surface area contributed by atoms with Crippen LogP contribution >= 0.6 is 28.3 Å². The normalized spacial score (nSPS) is 21.6. The third-order valence-corrected chi connectivity index (χ3v) is 3.46. The molecule has 7 heteroatoms. The second kappa shape index (κ2) is 5.40. The van der Waals surface area contributed by atoms with Crippen molar-refractivity contribution in [1.29, 1.82) is 0 Å². The van der Waals surface area contributed by atoms with E-state index >= 15 is 0 Å². The predicted octanol–water partition coefficient (Wildman–Crippen LogP) is 3.60. The van der Waals surface area contributed by atoms with E-state index in [4.69, 9.17) is 0 Å². The Labute approximate surface area is 117 Å². The molecular weight excluding hydrogens is 331 g/mol. The van der Waals surface area contributed by atoms with E-state index in [-0.39, 0.29) is 12.4 Å². The van der Waals surface area contributed by atoms with Gasteiger partial charge in [-0.2, -0.15) is 0 Å². The van der Waals surface area contributed by atoms with E-state index in [1.165, 1.54) is 0 Å². The second-order valence-corrected chi connectivity index (χ2v) is 4.78. The lowest BCUT2D eigenvalue weighted by Crippen LogP contribution is -2.49. The van der Waals surface area contributed by atoms with Gasteiger partial charge in [0, 0.05) is 4.47 Å². The fraction of sp³-hybridized carbons (Fsp3) is 0.364. The van der Waals surface area contributed by atoms with Crippen LogP contribution in [0.15, 0.2) is 22.7 Å². The van der Waals surface area contributed by atoms with Crippen LogP contribution in [-0.4, -0.2) is 18.6 Å². The Morgan fingerprint density at radius 2 is 2.17 bits per heavy atom. The molecule has 0 unspecified atom stereocenters. The Morgan fingerprint density at radius 1 is 1.50 bits per heavy atom. The molecular formula is C11H11BrClF2NO2. The first-order valence-electron chi connectivity index (χ1n) is 4.97. The van der Waals surface area contributed by atoms with Crippen molar-refractivity contribution in [1.82, 2.24) is 5.32 Å². The maximum atomic E-state index is 13.6. The minimum absolute atomic E-state index is 0. The predicted molar refractivity (Wildman–Crippen MR) is 68.3 cm³/mol. The van der Waals surface area contributed by atoms with Crippen molar-refractivity contribution in [2.75, 3.05) is 6.61 Å². The van der Waals surface area contributed by atoms with E-state index < -0.39 is 24.7 Å². The Bertz CT molecular complexity index is 470. The van der Waals surface area contributed by atoms with E-state index in [1.807, 2.05) is 6.92 Å². The summed E-state index contributed by atoms with van der Waals surface area (Å²) in [6, 6.07) is 3.53. The molecule has 0 aliphatic carbocycles. The summed E-state index contributed by atoms with van der Waals surface area (Å²) in [5.41, 5.74) is 1.29. The number of hydrogen-bond acceptors (Lipinski definition) is 2. The fourth-order valence-electron chi connectivity index (χ4n) is 1.63. The van der Waals surface area contributed by atoms with E-state index in [2.05, 4.69) is 26.0 Å². The van der Waals surface area contributed by atoms with Crippen LogP contribution in [0.4, 0.5) is 13.6 Å². The van der Waals surface area contributed by atoms with Crippen molar-refractivity contribution in [2.24, 2.45) is 0 Å². The third kappa shape index (κ3) is 2.92. The molecule has 1 heterocycles. The van der Waals surface area contributed by atoms with Crippen molar-refractivity contribution in [3.63, 3.8) is 0 Å². The number of nitrogens with one attached hydrogen (secondary N) is 1. The topological polar surface area (TPSA) is 38.3 Å². The van der Waals surface area contributed by atoms with Crippen LogP contribution in [0.1, 0.15) is 17.2 Å². The van der Waals surface area contributed by atoms with Crippen LogP contribution in [0.5, 0.6) is 0 Å². The van der Waals surface area contributed by atoms with Crippen molar-refractivity contribution < 1.29 is 18.3 Å². The molecule has 100 valence electrons. The summed E-state index contributed by atoms with van der Waals surface area (Å²) in [7, 11) is 0. The van der Waals surface area contributed by atoms with Gasteiger partial charge in [-0.3, -0.25) is 0 Å². The molecule has 1 aliphatic heterocycles. The molecule has 0 radical (unpaired) electrons. The van der Waals surface area contributed by atoms with Crippen LogP contribution in [0.25, 0.3) is 0 Å². The average Bonchev–Trinajstić information content (AvgIpc) is 2.26. The van der Waals surface area contributed by atoms with Crippen molar-refractivity contribution in [3.05, 3.63) is 33.8 Å². The number of amides is 1. The zero-order chi connectivity index (χ0) is 12.6. The summed E-state index contributed by atoms with van der Waals surface area (Å²) in [6.45, 7) is 0.962. The standard InChI is InChI=1S/C11H10BrF2NO2.ClH/c1-6-2-3-7(4-8(6)12)9-11(13,14)5-17-10(16)15-9;/h2-4,9H,5H2,1H3,(H,15,16);1H/t9-;/m1./s1. The van der Waals surface area contributed by atoms with Crippen molar-refractivity contribution >= 4 is 34.4 Å². The van der Waals surface area contributed by atoms with Gasteiger partial charge in [-0.1, -0.05) is 28.1 Å². The number of ether oxygens (including phenoxy) is 1. The number of alkyl carbamates (subject to hydrolysis) is 1. The molecule has 2 rings (SSSR count). The highest BCUT2D eigenvalue weighted by Gasteiger charge is 2.46. The molecule has 0 aromatic heterocycles. The van der Waals surface area contributed by atoms with E-state index in [9.17, 15) is 13.6 Å². The first kappa shape index (κ1) is 15.2. The maximum Gasteiger partial charge on any atom is 0.408 e. The van der Waals surface area contributed by atoms with Crippen LogP contribution in [0, 0.1) is 6.92 Å². The second-order valence-electron chi connectivity index (χ2n) is 3.92. The SMILES string of the molecule is Cc1ccc([C@H]2NC(=O)OCC2(F)F)cc1Br.Cl. The number of hydrogen-bond donors (Lipinski definition) is 1. The van der Waals surface area contributed by atoms with Crippen LogP contribution in [0.3, 0.4) is 0 Å². The molecule has 1 aromatic rings. The zero-order valence-electron chi connectivity index (χ0n) is 9.38. The minimum Gasteiger partial charge on any atom is -0.443 e. The fourth-order valence-corrected chi connectivity index (χ4v) is 2.02. The highest BCUT2D eigenvalue weighted by molar-refractivity contribution is 9.10. The number of carbonyl (C=O) groups excluding carboxylic acids is 1. The summed E-state index contributed by atoms with van der Waals surface area (Å²) in [5.74, 6) is -3.11. The van der Waals surface area contributed by atoms with Gasteiger partial charge >= 0.3 is 12.0 Å². The van der Waals surface area contributed by atoms with Gasteiger partial charge in [-0.25, -0.2) is 13.6 Å². The van der Waals surface area contributed by atoms with Gasteiger partial charge in [0.15, 0.2) is 6.61 Å². The summed E-state index contributed by atoms with van der Waals surface area (Å²) < 4.78 is 32.2. The number of halogens is 4. The number of alkyl halides is 2. The smallest absolute Gasteiger partial charge is 0.408 e. The molecule has 18 heavy (non-hydrogen) atoms. The van der Waals surface area contributed by atoms with Crippen molar-refractivity contribution in [2.45, 2.75) is 18.9 Å². The molecule has 1 atom stereocenters. The minimum atomic E-state index is -3.11. The Morgan fingerprint density at radius 3 is 2.78 bits per heavy atom. The average molecular weight is 343 g/mol. The van der Waals surface area contributed by atoms with Crippen LogP contribution in [0.2, 0.25) is 0 Å². The third-order valence-electron chi connectivity index (χ3n) is 2.61. The lowest BCUT2D eigenvalue weighted by atomic mass is 9.99. The van der Waals surface area contributed by atoms with Gasteiger partial charge in [0.1, 0.15) is 6.04 Å². The van der Waals surface area contributed by atoms with Crippen molar-refractivity contribution in [3.8, 4) is 0 Å². The highest BCUT2D eigenvalue weighted by atomic mass is 79.9. The molecule has 3 nitrogen and oxygen atoms in total. The largest absolute Gasteiger partial charge is 0.443 e. The van der Waals surface area contributed by atoms with Gasteiger partial charge in [0.25, 0.3) is 0 Å². The van der Waals surface area contributed by atoms with Gasteiger partial charge in [-0.05, 0) is 24.1 Å². The molecule has 1 saturated heterocycles. The number of aryl methyl sites for hydroxylation is 1. The molecule has 0 saturated carbocycles. The maximum absolute atomic E-state index is 13.6. The van der Waals surface area contributed by atoms with Crippen LogP contribution in [-0.2, 0) is 4.74 Å². The zero-order valence-corrected chi connectivity index (χ0v) is 11.8. The van der Waals surface area contributed by atoms with Gasteiger partial charge in [0.05, 0.1) is 0 Å². The number of carbonyl (C=O) groups is 1. The summed E-state index contributed by atoms with van der Waals surface area (Å²) in [6.07, 6.45) is -0.822. The van der Waals surface area contributed by atoms with E-state index in [0.29, 0.717) is 5.56 Å². The lowest BCUT2D eigenvalue weighted by molar-refractivity contribution is -0.104. The summed E-state index contributed by atoms with van der Waals surface area (Å²) in [4.78, 5) is 11.0. The molecule has 1 fully saturated rings. The molecule has 0 spiro atoms. The number of rotatable bonds is 1. The van der Waals surface area contributed by atoms with Gasteiger partial charge in [0.2, 0.25) is 0 Å². The summed E-state index contributed by atoms with van der Waals surface area (Å²) >= 11 is 3.28. The van der Waals surface area contributed by atoms with Gasteiger partial charge in [-0.15, -0.1) is 12.4 Å². The molecule has 1 aromatic carbocycles. The summed E-state index contributed by atoms with van der Waals surface area (Å²) in [5, 5.41) is 2.14. The lowest BCUT2D eigenvalue weighted by Gasteiger charge is -2.32. The number of cyclic esters (lactones) is 1. The molecule has 1 amide bonds. The Hall–Kier alpha value is -0.880. The highest BCUT2D eigenvalue weighted by Crippen LogP contribution is 2.35. The Kier molecular flexibility index (Phi) is 4.55. The van der Waals surface area contributed by atoms with Crippen LogP contribution < -0.4 is 5.32 Å².